The monoisotopic (exact) mass is 236 g/mol. The molecule has 0 unspecified atom stereocenters. The normalized spacial score (nSPS) is 11.5. The highest BCUT2D eigenvalue weighted by Crippen LogP contribution is 2.18. The molecule has 0 N–H and O–H groups in total. The highest BCUT2D eigenvalue weighted by molar-refractivity contribution is 6.30. The van der Waals surface area contributed by atoms with Crippen molar-refractivity contribution in [2.24, 2.45) is 0 Å². The van der Waals surface area contributed by atoms with E-state index < -0.39 is 0 Å². The summed E-state index contributed by atoms with van der Waals surface area (Å²) in [6.07, 6.45) is 0. The van der Waals surface area contributed by atoms with E-state index in [1.54, 1.807) is 0 Å². The molecule has 2 nitrogen and oxygen atoms in total. The first-order chi connectivity index (χ1) is 7.43. The summed E-state index contributed by atoms with van der Waals surface area (Å²) in [5.41, 5.74) is 1.17. The van der Waals surface area contributed by atoms with Crippen LogP contribution in [0.5, 0.6) is 0 Å². The molecule has 0 heterocycles. The standard InChI is InChI=1S/C13H17ClN2/c1-13(2,3)16(9-8-15)10-11-4-6-12(14)7-5-11/h4-7H,9-10H2,1-3H3. The van der Waals surface area contributed by atoms with E-state index in [2.05, 4.69) is 31.7 Å². The van der Waals surface area contributed by atoms with Crippen molar-refractivity contribution in [2.45, 2.75) is 32.9 Å². The van der Waals surface area contributed by atoms with Crippen molar-refractivity contribution in [1.29, 1.82) is 5.26 Å². The van der Waals surface area contributed by atoms with Crippen LogP contribution in [-0.2, 0) is 6.54 Å². The second-order valence-corrected chi connectivity index (χ2v) is 5.25. The number of rotatable bonds is 3. The molecule has 1 rings (SSSR count). The molecule has 0 amide bonds. The zero-order chi connectivity index (χ0) is 12.2. The molecule has 0 spiro atoms. The van der Waals surface area contributed by atoms with Gasteiger partial charge < -0.3 is 0 Å². The molecule has 3 heteroatoms. The zero-order valence-electron chi connectivity index (χ0n) is 10.00. The van der Waals surface area contributed by atoms with Gasteiger partial charge in [0.05, 0.1) is 12.6 Å². The van der Waals surface area contributed by atoms with Crippen molar-refractivity contribution in [3.63, 3.8) is 0 Å². The number of nitriles is 1. The lowest BCUT2D eigenvalue weighted by Crippen LogP contribution is -2.40. The van der Waals surface area contributed by atoms with Gasteiger partial charge in [0.25, 0.3) is 0 Å². The third-order valence-corrected chi connectivity index (χ3v) is 2.75. The maximum Gasteiger partial charge on any atom is 0.0873 e. The first-order valence-corrected chi connectivity index (χ1v) is 5.68. The van der Waals surface area contributed by atoms with Gasteiger partial charge in [-0.3, -0.25) is 4.90 Å². The Kier molecular flexibility index (Phi) is 4.35. The van der Waals surface area contributed by atoms with Crippen LogP contribution < -0.4 is 0 Å². The summed E-state index contributed by atoms with van der Waals surface area (Å²) in [7, 11) is 0. The minimum absolute atomic E-state index is 0.00460. The van der Waals surface area contributed by atoms with Crippen molar-refractivity contribution in [3.8, 4) is 6.07 Å². The Hall–Kier alpha value is -1.04. The van der Waals surface area contributed by atoms with E-state index in [-0.39, 0.29) is 5.54 Å². The summed E-state index contributed by atoms with van der Waals surface area (Å²) in [5.74, 6) is 0. The summed E-state index contributed by atoms with van der Waals surface area (Å²) in [4.78, 5) is 2.14. The molecule has 86 valence electrons. The van der Waals surface area contributed by atoms with Crippen LogP contribution in [0.1, 0.15) is 26.3 Å². The fourth-order valence-electron chi connectivity index (χ4n) is 1.43. The minimum Gasteiger partial charge on any atom is -0.281 e. The minimum atomic E-state index is -0.00460. The van der Waals surface area contributed by atoms with E-state index in [1.165, 1.54) is 5.56 Å². The molecule has 0 radical (unpaired) electrons. The van der Waals surface area contributed by atoms with Gasteiger partial charge >= 0.3 is 0 Å². The van der Waals surface area contributed by atoms with Crippen LogP contribution in [0.3, 0.4) is 0 Å². The number of halogens is 1. The Labute approximate surface area is 102 Å². The summed E-state index contributed by atoms with van der Waals surface area (Å²) >= 11 is 5.83. The van der Waals surface area contributed by atoms with Gasteiger partial charge in [-0.05, 0) is 38.5 Å². The predicted octanol–water partition coefficient (Wildman–Crippen LogP) is 3.46. The third-order valence-electron chi connectivity index (χ3n) is 2.50. The second kappa shape index (κ2) is 5.34. The molecule has 0 bridgehead atoms. The number of benzene rings is 1. The largest absolute Gasteiger partial charge is 0.281 e. The predicted molar refractivity (Wildman–Crippen MR) is 67.2 cm³/mol. The second-order valence-electron chi connectivity index (χ2n) is 4.81. The topological polar surface area (TPSA) is 27.0 Å². The Balaban J connectivity index is 2.76. The van der Waals surface area contributed by atoms with Crippen molar-refractivity contribution in [3.05, 3.63) is 34.9 Å². The SMILES string of the molecule is CC(C)(C)N(CC#N)Cc1ccc(Cl)cc1. The lowest BCUT2D eigenvalue weighted by molar-refractivity contribution is 0.147. The molecule has 0 aromatic heterocycles. The fraction of sp³-hybridized carbons (Fsp3) is 0.462. The Morgan fingerprint density at radius 1 is 1.25 bits per heavy atom. The molecule has 1 aromatic carbocycles. The van der Waals surface area contributed by atoms with Gasteiger partial charge in [-0.2, -0.15) is 5.26 Å². The van der Waals surface area contributed by atoms with Gasteiger partial charge in [0.15, 0.2) is 0 Å². The van der Waals surface area contributed by atoms with Crippen LogP contribution in [-0.4, -0.2) is 17.0 Å². The maximum absolute atomic E-state index is 8.81. The summed E-state index contributed by atoms with van der Waals surface area (Å²) in [6.45, 7) is 7.54. The summed E-state index contributed by atoms with van der Waals surface area (Å²) in [5, 5.41) is 9.55. The number of nitrogens with zero attached hydrogens (tertiary/aromatic N) is 2. The van der Waals surface area contributed by atoms with Gasteiger partial charge in [-0.15, -0.1) is 0 Å². The first kappa shape index (κ1) is 13.0. The molecule has 16 heavy (non-hydrogen) atoms. The first-order valence-electron chi connectivity index (χ1n) is 5.30. The van der Waals surface area contributed by atoms with E-state index in [1.807, 2.05) is 24.3 Å². The van der Waals surface area contributed by atoms with Crippen molar-refractivity contribution in [1.82, 2.24) is 4.90 Å². The van der Waals surface area contributed by atoms with Crippen LogP contribution in [0.2, 0.25) is 5.02 Å². The zero-order valence-corrected chi connectivity index (χ0v) is 10.8. The average Bonchev–Trinajstić information content (AvgIpc) is 2.19. The van der Waals surface area contributed by atoms with Crippen LogP contribution in [0.15, 0.2) is 24.3 Å². The van der Waals surface area contributed by atoms with Crippen LogP contribution in [0.4, 0.5) is 0 Å². The maximum atomic E-state index is 8.81. The highest BCUT2D eigenvalue weighted by Gasteiger charge is 2.20. The van der Waals surface area contributed by atoms with Gasteiger partial charge in [0, 0.05) is 17.1 Å². The molecular weight excluding hydrogens is 220 g/mol. The Morgan fingerprint density at radius 3 is 2.25 bits per heavy atom. The van der Waals surface area contributed by atoms with E-state index in [0.29, 0.717) is 6.54 Å². The fourth-order valence-corrected chi connectivity index (χ4v) is 1.55. The van der Waals surface area contributed by atoms with E-state index >= 15 is 0 Å². The van der Waals surface area contributed by atoms with E-state index in [9.17, 15) is 0 Å². The molecule has 0 atom stereocenters. The van der Waals surface area contributed by atoms with Crippen LogP contribution >= 0.6 is 11.6 Å². The molecule has 1 aromatic rings. The van der Waals surface area contributed by atoms with Gasteiger partial charge in [0.1, 0.15) is 0 Å². The Bertz CT molecular complexity index is 370. The molecular formula is C13H17ClN2. The molecule has 0 aliphatic heterocycles. The third kappa shape index (κ3) is 3.84. The molecule has 0 fully saturated rings. The summed E-state index contributed by atoms with van der Waals surface area (Å²) < 4.78 is 0. The van der Waals surface area contributed by atoms with E-state index in [0.717, 1.165) is 11.6 Å². The lowest BCUT2D eigenvalue weighted by atomic mass is 10.0. The molecule has 0 aliphatic carbocycles. The number of hydrogen-bond acceptors (Lipinski definition) is 2. The van der Waals surface area contributed by atoms with Crippen molar-refractivity contribution in [2.75, 3.05) is 6.54 Å². The average molecular weight is 237 g/mol. The quantitative estimate of drug-likeness (QED) is 0.752. The lowest BCUT2D eigenvalue weighted by Gasteiger charge is -2.33. The molecule has 0 saturated carbocycles. The van der Waals surface area contributed by atoms with Crippen molar-refractivity contribution < 1.29 is 0 Å². The van der Waals surface area contributed by atoms with Crippen LogP contribution in [0.25, 0.3) is 0 Å². The summed E-state index contributed by atoms with van der Waals surface area (Å²) in [6, 6.07) is 9.96. The smallest absolute Gasteiger partial charge is 0.0873 e. The van der Waals surface area contributed by atoms with Crippen LogP contribution in [0, 0.1) is 11.3 Å². The van der Waals surface area contributed by atoms with E-state index in [4.69, 9.17) is 16.9 Å². The molecule has 0 saturated heterocycles. The molecule has 0 aliphatic rings. The number of hydrogen-bond donors (Lipinski definition) is 0. The Morgan fingerprint density at radius 2 is 1.81 bits per heavy atom. The highest BCUT2D eigenvalue weighted by atomic mass is 35.5. The van der Waals surface area contributed by atoms with Crippen molar-refractivity contribution >= 4 is 11.6 Å². The van der Waals surface area contributed by atoms with Gasteiger partial charge in [-0.25, -0.2) is 0 Å². The van der Waals surface area contributed by atoms with Gasteiger partial charge in [0.2, 0.25) is 0 Å². The van der Waals surface area contributed by atoms with Gasteiger partial charge in [-0.1, -0.05) is 23.7 Å².